The lowest BCUT2D eigenvalue weighted by atomic mass is 10.0. The molecule has 2 aromatic heterocycles. The van der Waals surface area contributed by atoms with Gasteiger partial charge >= 0.3 is 0 Å². The first-order valence-corrected chi connectivity index (χ1v) is 9.15. The highest BCUT2D eigenvalue weighted by molar-refractivity contribution is 7.17. The average molecular weight is 360 g/mol. The molecule has 7 nitrogen and oxygen atoms in total. The Hall–Kier alpha value is -2.16. The Morgan fingerprint density at radius 1 is 1.36 bits per heavy atom. The van der Waals surface area contributed by atoms with Gasteiger partial charge in [-0.2, -0.15) is 9.61 Å². The highest BCUT2D eigenvalue weighted by Gasteiger charge is 2.30. The van der Waals surface area contributed by atoms with E-state index in [0.29, 0.717) is 24.8 Å². The SMILES string of the molecule is CCOc1cccc(C(c2sc3ncnn3c2O)N2CCOCC2)c1. The van der Waals surface area contributed by atoms with Gasteiger partial charge in [0.15, 0.2) is 0 Å². The summed E-state index contributed by atoms with van der Waals surface area (Å²) in [6, 6.07) is 7.96. The third-order valence-corrected chi connectivity index (χ3v) is 5.37. The van der Waals surface area contributed by atoms with E-state index < -0.39 is 0 Å². The molecule has 1 aromatic carbocycles. The maximum atomic E-state index is 10.7. The number of hydrogen-bond acceptors (Lipinski definition) is 7. The highest BCUT2D eigenvalue weighted by Crippen LogP contribution is 2.40. The molecule has 1 N–H and O–H groups in total. The minimum absolute atomic E-state index is 0.0854. The van der Waals surface area contributed by atoms with Gasteiger partial charge in [-0.1, -0.05) is 23.5 Å². The van der Waals surface area contributed by atoms with E-state index in [4.69, 9.17) is 9.47 Å². The molecule has 4 rings (SSSR count). The van der Waals surface area contributed by atoms with Gasteiger partial charge in [0.1, 0.15) is 12.1 Å². The molecule has 0 aliphatic carbocycles. The van der Waals surface area contributed by atoms with Crippen molar-refractivity contribution in [3.05, 3.63) is 41.0 Å². The number of morpholine rings is 1. The van der Waals surface area contributed by atoms with Crippen molar-refractivity contribution in [1.82, 2.24) is 19.5 Å². The van der Waals surface area contributed by atoms with E-state index in [-0.39, 0.29) is 11.9 Å². The van der Waals surface area contributed by atoms with Crippen molar-refractivity contribution in [2.75, 3.05) is 32.9 Å². The van der Waals surface area contributed by atoms with E-state index in [2.05, 4.69) is 21.0 Å². The first kappa shape index (κ1) is 16.3. The zero-order valence-corrected chi connectivity index (χ0v) is 14.8. The quantitative estimate of drug-likeness (QED) is 0.753. The van der Waals surface area contributed by atoms with Crippen LogP contribution in [-0.2, 0) is 4.74 Å². The molecule has 0 saturated carbocycles. The average Bonchev–Trinajstić information content (AvgIpc) is 3.21. The summed E-state index contributed by atoms with van der Waals surface area (Å²) in [6.07, 6.45) is 1.45. The van der Waals surface area contributed by atoms with Crippen LogP contribution in [0.3, 0.4) is 0 Å². The van der Waals surface area contributed by atoms with Crippen molar-refractivity contribution in [2.24, 2.45) is 0 Å². The first-order valence-electron chi connectivity index (χ1n) is 8.34. The molecule has 132 valence electrons. The summed E-state index contributed by atoms with van der Waals surface area (Å²) in [5.74, 6) is 0.980. The van der Waals surface area contributed by atoms with Gasteiger partial charge in [0.2, 0.25) is 10.8 Å². The van der Waals surface area contributed by atoms with Crippen LogP contribution < -0.4 is 4.74 Å². The molecule has 1 aliphatic heterocycles. The molecule has 0 amide bonds. The topological polar surface area (TPSA) is 72.1 Å². The van der Waals surface area contributed by atoms with E-state index in [1.165, 1.54) is 22.2 Å². The number of thiazole rings is 1. The molecule has 0 bridgehead atoms. The molecule has 8 heteroatoms. The summed E-state index contributed by atoms with van der Waals surface area (Å²) >= 11 is 1.46. The summed E-state index contributed by atoms with van der Waals surface area (Å²) in [4.78, 5) is 8.06. The van der Waals surface area contributed by atoms with Gasteiger partial charge in [0, 0.05) is 13.1 Å². The van der Waals surface area contributed by atoms with E-state index in [1.807, 2.05) is 25.1 Å². The van der Waals surface area contributed by atoms with Crippen molar-refractivity contribution in [3.8, 4) is 11.6 Å². The molecule has 1 unspecified atom stereocenters. The van der Waals surface area contributed by atoms with Gasteiger partial charge in [-0.25, -0.2) is 4.98 Å². The molecule has 0 radical (unpaired) electrons. The molecule has 1 aliphatic rings. The third kappa shape index (κ3) is 3.08. The van der Waals surface area contributed by atoms with Crippen molar-refractivity contribution >= 4 is 16.3 Å². The van der Waals surface area contributed by atoms with Crippen molar-refractivity contribution in [1.29, 1.82) is 0 Å². The van der Waals surface area contributed by atoms with Crippen molar-refractivity contribution in [3.63, 3.8) is 0 Å². The largest absolute Gasteiger partial charge is 0.494 e. The minimum Gasteiger partial charge on any atom is -0.494 e. The standard InChI is InChI=1S/C17H20N4O3S/c1-2-24-13-5-3-4-12(10-13)14(20-6-8-23-9-7-20)15-16(22)21-17(25-15)18-11-19-21/h3-5,10-11,14,22H,2,6-9H2,1H3. The Kier molecular flexibility index (Phi) is 4.56. The number of aromatic hydroxyl groups is 1. The summed E-state index contributed by atoms with van der Waals surface area (Å²) in [6.45, 7) is 5.56. The lowest BCUT2D eigenvalue weighted by molar-refractivity contribution is 0.0240. The maximum Gasteiger partial charge on any atom is 0.230 e. The van der Waals surface area contributed by atoms with E-state index in [0.717, 1.165) is 29.3 Å². The Morgan fingerprint density at radius 3 is 2.96 bits per heavy atom. The van der Waals surface area contributed by atoms with E-state index >= 15 is 0 Å². The fourth-order valence-corrected chi connectivity index (χ4v) is 4.27. The van der Waals surface area contributed by atoms with Crippen LogP contribution in [-0.4, -0.2) is 57.5 Å². The summed E-state index contributed by atoms with van der Waals surface area (Å²) in [7, 11) is 0. The van der Waals surface area contributed by atoms with Gasteiger partial charge < -0.3 is 14.6 Å². The Labute approximate surface area is 149 Å². The van der Waals surface area contributed by atoms with E-state index in [9.17, 15) is 5.11 Å². The van der Waals surface area contributed by atoms with Crippen LogP contribution in [0.5, 0.6) is 11.6 Å². The van der Waals surface area contributed by atoms with Gasteiger partial charge in [-0.05, 0) is 24.6 Å². The van der Waals surface area contributed by atoms with E-state index in [1.54, 1.807) is 0 Å². The number of nitrogens with zero attached hydrogens (tertiary/aromatic N) is 4. The molecule has 3 aromatic rings. The Morgan fingerprint density at radius 2 is 2.20 bits per heavy atom. The number of ether oxygens (including phenoxy) is 2. The molecule has 0 spiro atoms. The first-order chi connectivity index (χ1) is 12.3. The Balaban J connectivity index is 1.79. The Bertz CT molecular complexity index is 857. The van der Waals surface area contributed by atoms with Gasteiger partial charge in [0.05, 0.1) is 30.7 Å². The number of aromatic nitrogens is 3. The second-order valence-corrected chi connectivity index (χ2v) is 6.81. The molecular weight excluding hydrogens is 340 g/mol. The predicted octanol–water partition coefficient (Wildman–Crippen LogP) is 2.32. The van der Waals surface area contributed by atoms with Crippen LogP contribution in [0.15, 0.2) is 30.6 Å². The normalized spacial score (nSPS) is 17.0. The number of benzene rings is 1. The van der Waals surface area contributed by atoms with Crippen LogP contribution in [0.2, 0.25) is 0 Å². The van der Waals surface area contributed by atoms with Gasteiger partial charge in [0.25, 0.3) is 0 Å². The summed E-state index contributed by atoms with van der Waals surface area (Å²) in [5.41, 5.74) is 1.08. The molecule has 25 heavy (non-hydrogen) atoms. The van der Waals surface area contributed by atoms with Crippen LogP contribution >= 0.6 is 11.3 Å². The second kappa shape index (κ2) is 6.99. The predicted molar refractivity (Wildman–Crippen MR) is 94.4 cm³/mol. The number of hydrogen-bond donors (Lipinski definition) is 1. The summed E-state index contributed by atoms with van der Waals surface area (Å²) in [5, 5.41) is 14.8. The molecular formula is C17H20N4O3S. The zero-order valence-electron chi connectivity index (χ0n) is 14.0. The maximum absolute atomic E-state index is 10.7. The minimum atomic E-state index is -0.0854. The molecule has 1 atom stereocenters. The molecule has 1 saturated heterocycles. The fraction of sp³-hybridized carbons (Fsp3) is 0.412. The fourth-order valence-electron chi connectivity index (χ4n) is 3.18. The number of rotatable bonds is 5. The third-order valence-electron chi connectivity index (χ3n) is 4.28. The van der Waals surface area contributed by atoms with Gasteiger partial charge in [-0.15, -0.1) is 0 Å². The lowest BCUT2D eigenvalue weighted by Gasteiger charge is -2.34. The smallest absolute Gasteiger partial charge is 0.230 e. The van der Waals surface area contributed by atoms with Crippen LogP contribution in [0.25, 0.3) is 4.96 Å². The van der Waals surface area contributed by atoms with Crippen molar-refractivity contribution < 1.29 is 14.6 Å². The van der Waals surface area contributed by atoms with Crippen molar-refractivity contribution in [2.45, 2.75) is 13.0 Å². The monoisotopic (exact) mass is 360 g/mol. The number of fused-ring (bicyclic) bond motifs is 1. The molecule has 3 heterocycles. The highest BCUT2D eigenvalue weighted by atomic mass is 32.1. The molecule has 1 fully saturated rings. The van der Waals surface area contributed by atoms with Crippen LogP contribution in [0.1, 0.15) is 23.4 Å². The second-order valence-electron chi connectivity index (χ2n) is 5.80. The summed E-state index contributed by atoms with van der Waals surface area (Å²) < 4.78 is 12.7. The van der Waals surface area contributed by atoms with Crippen LogP contribution in [0, 0.1) is 0 Å². The van der Waals surface area contributed by atoms with Crippen LogP contribution in [0.4, 0.5) is 0 Å². The van der Waals surface area contributed by atoms with Gasteiger partial charge in [-0.3, -0.25) is 4.90 Å². The zero-order chi connectivity index (χ0) is 17.2. The lowest BCUT2D eigenvalue weighted by Crippen LogP contribution is -2.39.